The average Bonchev–Trinajstić information content (AvgIpc) is 3.04. The highest BCUT2D eigenvalue weighted by Gasteiger charge is 2.77. The summed E-state index contributed by atoms with van der Waals surface area (Å²) >= 11 is 1.50. The fourth-order valence-electron chi connectivity index (χ4n) is 8.25. The first-order valence-electron chi connectivity index (χ1n) is 13.6. The molecule has 0 bridgehead atoms. The van der Waals surface area contributed by atoms with E-state index in [-0.39, 0.29) is 48.0 Å². The SMILES string of the molecule is CCCCC(=O)O[C@]1(C(=O)CSCC)[C@@H](C)C[C@H]2[C@@H]3CCC4=CC(=O)C=C[C@]4(C)[C@@]3(F)[C@@H](O)C[C@@]21C. The van der Waals surface area contributed by atoms with Crippen molar-refractivity contribution in [2.24, 2.45) is 28.6 Å². The number of Topliss-reactive ketones (excluding diaryl/α,β-unsaturated/α-hetero) is 1. The summed E-state index contributed by atoms with van der Waals surface area (Å²) in [4.78, 5) is 39.1. The summed E-state index contributed by atoms with van der Waals surface area (Å²) in [6.45, 7) is 9.67. The number of hydrogen-bond donors (Lipinski definition) is 1. The Kier molecular flexibility index (Phi) is 7.41. The van der Waals surface area contributed by atoms with Gasteiger partial charge in [0, 0.05) is 29.1 Å². The summed E-state index contributed by atoms with van der Waals surface area (Å²) in [5.74, 6) is -0.713. The Morgan fingerprint density at radius 2 is 1.97 bits per heavy atom. The first kappa shape index (κ1) is 27.6. The average molecular weight is 521 g/mol. The van der Waals surface area contributed by atoms with Gasteiger partial charge in [-0.05, 0) is 62.9 Å². The summed E-state index contributed by atoms with van der Waals surface area (Å²) in [7, 11) is 0. The highest BCUT2D eigenvalue weighted by Crippen LogP contribution is 2.71. The number of rotatable bonds is 8. The van der Waals surface area contributed by atoms with Gasteiger partial charge in [0.25, 0.3) is 0 Å². The molecule has 0 saturated heterocycles. The molecule has 36 heavy (non-hydrogen) atoms. The van der Waals surface area contributed by atoms with Crippen molar-refractivity contribution in [1.82, 2.24) is 0 Å². The number of carbonyl (C=O) groups is 3. The molecule has 1 N–H and O–H groups in total. The zero-order valence-corrected chi connectivity index (χ0v) is 23.1. The lowest BCUT2D eigenvalue weighted by atomic mass is 9.44. The molecule has 0 aromatic heterocycles. The van der Waals surface area contributed by atoms with E-state index in [0.717, 1.165) is 17.7 Å². The van der Waals surface area contributed by atoms with Crippen molar-refractivity contribution < 1.29 is 28.6 Å². The largest absolute Gasteiger partial charge is 0.450 e. The lowest BCUT2D eigenvalue weighted by Crippen LogP contribution is -2.70. The number of hydrogen-bond acceptors (Lipinski definition) is 6. The predicted molar refractivity (Wildman–Crippen MR) is 139 cm³/mol. The molecule has 0 aromatic carbocycles. The third-order valence-corrected chi connectivity index (χ3v) is 10.9. The molecule has 200 valence electrons. The van der Waals surface area contributed by atoms with Crippen molar-refractivity contribution in [2.75, 3.05) is 11.5 Å². The van der Waals surface area contributed by atoms with Crippen LogP contribution in [-0.2, 0) is 19.1 Å². The second-order valence-electron chi connectivity index (χ2n) is 11.8. The quantitative estimate of drug-likeness (QED) is 0.432. The Hall–Kier alpha value is -1.47. The summed E-state index contributed by atoms with van der Waals surface area (Å²) in [6.07, 6.45) is 6.63. The molecule has 0 heterocycles. The molecule has 4 aliphatic carbocycles. The number of esters is 1. The number of aliphatic hydroxyl groups excluding tert-OH is 1. The summed E-state index contributed by atoms with van der Waals surface area (Å²) in [6, 6.07) is 0. The smallest absolute Gasteiger partial charge is 0.306 e. The first-order chi connectivity index (χ1) is 16.9. The lowest BCUT2D eigenvalue weighted by Gasteiger charge is -2.62. The van der Waals surface area contributed by atoms with Crippen molar-refractivity contribution in [1.29, 1.82) is 0 Å². The highest BCUT2D eigenvalue weighted by atomic mass is 32.2. The van der Waals surface area contributed by atoms with Crippen LogP contribution in [0.4, 0.5) is 4.39 Å². The van der Waals surface area contributed by atoms with Crippen molar-refractivity contribution in [3.05, 3.63) is 23.8 Å². The van der Waals surface area contributed by atoms with Crippen molar-refractivity contribution >= 4 is 29.3 Å². The number of unbranched alkanes of at least 4 members (excludes halogenated alkanes) is 1. The number of carbonyl (C=O) groups excluding carboxylic acids is 3. The van der Waals surface area contributed by atoms with E-state index in [1.54, 1.807) is 13.0 Å². The number of thioether (sulfide) groups is 1. The van der Waals surface area contributed by atoms with Gasteiger partial charge < -0.3 is 9.84 Å². The maximum atomic E-state index is 17.4. The molecule has 5 nitrogen and oxygen atoms in total. The van der Waals surface area contributed by atoms with Crippen LogP contribution in [0, 0.1) is 28.6 Å². The Balaban J connectivity index is 1.79. The van der Waals surface area contributed by atoms with E-state index < -0.39 is 34.1 Å². The zero-order valence-electron chi connectivity index (χ0n) is 22.3. The molecule has 4 rings (SSSR count). The molecule has 3 saturated carbocycles. The maximum Gasteiger partial charge on any atom is 0.306 e. The fraction of sp³-hybridized carbons (Fsp3) is 0.759. The van der Waals surface area contributed by atoms with Gasteiger partial charge in [0.1, 0.15) is 0 Å². The minimum atomic E-state index is -1.97. The third-order valence-electron chi connectivity index (χ3n) is 10.0. The van der Waals surface area contributed by atoms with E-state index in [0.29, 0.717) is 25.7 Å². The van der Waals surface area contributed by atoms with Crippen LogP contribution >= 0.6 is 11.8 Å². The Morgan fingerprint density at radius 3 is 2.64 bits per heavy atom. The van der Waals surface area contributed by atoms with Crippen LogP contribution < -0.4 is 0 Å². The van der Waals surface area contributed by atoms with Crippen LogP contribution in [0.15, 0.2) is 23.8 Å². The molecule has 0 radical (unpaired) electrons. The molecule has 7 heteroatoms. The van der Waals surface area contributed by atoms with E-state index in [1.807, 2.05) is 27.7 Å². The van der Waals surface area contributed by atoms with E-state index in [2.05, 4.69) is 0 Å². The molecular formula is C29H41FO5S. The fourth-order valence-corrected chi connectivity index (χ4v) is 8.86. The third kappa shape index (κ3) is 3.70. The predicted octanol–water partition coefficient (Wildman–Crippen LogP) is 5.40. The molecule has 0 spiro atoms. The van der Waals surface area contributed by atoms with Crippen LogP contribution in [0.3, 0.4) is 0 Å². The number of ether oxygens (including phenoxy) is 1. The van der Waals surface area contributed by atoms with Gasteiger partial charge in [-0.15, -0.1) is 0 Å². The summed E-state index contributed by atoms with van der Waals surface area (Å²) in [5.41, 5.74) is -4.59. The molecule has 0 unspecified atom stereocenters. The Bertz CT molecular complexity index is 992. The standard InChI is InChI=1S/C29H41FO5S/c1-6-8-9-25(34)35-29(24(33)17-36-7-2)18(3)14-22-21-11-10-19-15-20(31)12-13-26(19,4)28(21,30)23(32)16-27(22,29)5/h12-13,15,18,21-23,32H,6-11,14,16-17H2,1-5H3/t18-,21-,22-,23-,26-,27-,28-,29-/m0/s1. The zero-order chi connectivity index (χ0) is 26.5. The van der Waals surface area contributed by atoms with E-state index in [1.165, 1.54) is 23.9 Å². The van der Waals surface area contributed by atoms with Crippen molar-refractivity contribution in [2.45, 2.75) is 96.9 Å². The molecule has 0 aromatic rings. The number of fused-ring (bicyclic) bond motifs is 5. The van der Waals surface area contributed by atoms with Crippen LogP contribution in [0.2, 0.25) is 0 Å². The molecule has 0 amide bonds. The number of alkyl halides is 1. The van der Waals surface area contributed by atoms with Crippen molar-refractivity contribution in [3.8, 4) is 0 Å². The van der Waals surface area contributed by atoms with Gasteiger partial charge in [0.2, 0.25) is 0 Å². The van der Waals surface area contributed by atoms with E-state index in [9.17, 15) is 19.5 Å². The second kappa shape index (κ2) is 9.68. The van der Waals surface area contributed by atoms with Crippen molar-refractivity contribution in [3.63, 3.8) is 0 Å². The van der Waals surface area contributed by atoms with Gasteiger partial charge in [-0.1, -0.05) is 45.8 Å². The maximum absolute atomic E-state index is 17.4. The van der Waals surface area contributed by atoms with E-state index >= 15 is 4.39 Å². The molecule has 8 atom stereocenters. The van der Waals surface area contributed by atoms with Crippen LogP contribution in [0.1, 0.15) is 79.6 Å². The van der Waals surface area contributed by atoms with Gasteiger partial charge in [-0.25, -0.2) is 4.39 Å². The first-order valence-corrected chi connectivity index (χ1v) is 14.7. The number of halogens is 1. The molecular weight excluding hydrogens is 479 g/mol. The normalized spacial score (nSPS) is 43.3. The minimum Gasteiger partial charge on any atom is -0.450 e. The highest BCUT2D eigenvalue weighted by molar-refractivity contribution is 7.99. The van der Waals surface area contributed by atoms with Gasteiger partial charge >= 0.3 is 5.97 Å². The van der Waals surface area contributed by atoms with Gasteiger partial charge in [-0.3, -0.25) is 14.4 Å². The van der Waals surface area contributed by atoms with Crippen LogP contribution in [0.25, 0.3) is 0 Å². The van der Waals surface area contributed by atoms with Crippen LogP contribution in [-0.4, -0.2) is 51.5 Å². The van der Waals surface area contributed by atoms with E-state index in [4.69, 9.17) is 4.74 Å². The monoisotopic (exact) mass is 520 g/mol. The number of ketones is 2. The summed E-state index contributed by atoms with van der Waals surface area (Å²) in [5, 5.41) is 11.6. The Labute approximate surface area is 218 Å². The van der Waals surface area contributed by atoms with Gasteiger partial charge in [0.05, 0.1) is 11.9 Å². The topological polar surface area (TPSA) is 80.7 Å². The lowest BCUT2D eigenvalue weighted by molar-refractivity contribution is -0.227. The molecule has 3 fully saturated rings. The minimum absolute atomic E-state index is 0.0310. The number of aliphatic hydroxyl groups is 1. The second-order valence-corrected chi connectivity index (χ2v) is 13.0. The summed E-state index contributed by atoms with van der Waals surface area (Å²) < 4.78 is 23.7. The molecule has 4 aliphatic rings. The van der Waals surface area contributed by atoms with Gasteiger partial charge in [-0.2, -0.15) is 11.8 Å². The number of allylic oxidation sites excluding steroid dienone is 4. The van der Waals surface area contributed by atoms with Gasteiger partial charge in [0.15, 0.2) is 22.8 Å². The van der Waals surface area contributed by atoms with Crippen LogP contribution in [0.5, 0.6) is 0 Å². The molecule has 0 aliphatic heterocycles. The Morgan fingerprint density at radius 1 is 1.25 bits per heavy atom.